The minimum absolute atomic E-state index is 0.292. The van der Waals surface area contributed by atoms with E-state index in [0.29, 0.717) is 24.3 Å². The Hall–Kier alpha value is -1.25. The number of halogens is 1. The number of fused-ring (bicyclic) bond motifs is 1. The fraction of sp³-hybridized carbons (Fsp3) is 0.333. The van der Waals surface area contributed by atoms with Gasteiger partial charge in [0.25, 0.3) is 0 Å². The van der Waals surface area contributed by atoms with Gasteiger partial charge in [-0.2, -0.15) is 0 Å². The van der Waals surface area contributed by atoms with Gasteiger partial charge in [-0.3, -0.25) is 0 Å². The Labute approximate surface area is 69.6 Å². The summed E-state index contributed by atoms with van der Waals surface area (Å²) >= 11 is 0. The average molecular weight is 168 g/mol. The molecule has 12 heavy (non-hydrogen) atoms. The minimum Gasteiger partial charge on any atom is -0.505 e. The third kappa shape index (κ3) is 1.02. The molecule has 2 rings (SSSR count). The van der Waals surface area contributed by atoms with Gasteiger partial charge in [0.2, 0.25) is 0 Å². The van der Waals surface area contributed by atoms with Crippen molar-refractivity contribution in [3.63, 3.8) is 0 Å². The van der Waals surface area contributed by atoms with Crippen LogP contribution in [-0.2, 0) is 6.42 Å². The van der Waals surface area contributed by atoms with Crippen molar-refractivity contribution in [2.75, 3.05) is 6.61 Å². The van der Waals surface area contributed by atoms with E-state index in [1.165, 1.54) is 6.07 Å². The molecule has 0 amide bonds. The summed E-state index contributed by atoms with van der Waals surface area (Å²) in [6, 6.07) is 2.92. The highest BCUT2D eigenvalue weighted by molar-refractivity contribution is 5.42. The minimum atomic E-state index is -0.535. The molecule has 2 nitrogen and oxygen atoms in total. The van der Waals surface area contributed by atoms with Gasteiger partial charge in [0.05, 0.1) is 6.61 Å². The Morgan fingerprint density at radius 3 is 3.08 bits per heavy atom. The van der Waals surface area contributed by atoms with E-state index in [4.69, 9.17) is 9.84 Å². The smallest absolute Gasteiger partial charge is 0.171 e. The number of hydrogen-bond donors (Lipinski definition) is 1. The lowest BCUT2D eigenvalue weighted by Crippen LogP contribution is -2.09. The van der Waals surface area contributed by atoms with Crippen LogP contribution in [-0.4, -0.2) is 11.7 Å². The summed E-state index contributed by atoms with van der Waals surface area (Å²) in [5, 5.41) is 9.04. The quantitative estimate of drug-likeness (QED) is 0.640. The van der Waals surface area contributed by atoms with E-state index >= 15 is 0 Å². The number of rotatable bonds is 0. The van der Waals surface area contributed by atoms with Crippen LogP contribution < -0.4 is 4.74 Å². The zero-order chi connectivity index (χ0) is 8.55. The van der Waals surface area contributed by atoms with Crippen LogP contribution in [0.15, 0.2) is 12.1 Å². The number of benzene rings is 1. The standard InChI is InChI=1S/C9H9FO2/c10-9-6-2-1-5-12-8(6)4-3-7(9)11/h3-4,11H,1-2,5H2. The molecule has 1 N–H and O–H groups in total. The lowest BCUT2D eigenvalue weighted by atomic mass is 10.1. The predicted octanol–water partition coefficient (Wildman–Crippen LogP) is 1.86. The molecule has 0 saturated carbocycles. The van der Waals surface area contributed by atoms with Gasteiger partial charge in [0.15, 0.2) is 11.6 Å². The van der Waals surface area contributed by atoms with E-state index in [9.17, 15) is 4.39 Å². The van der Waals surface area contributed by atoms with E-state index in [1.807, 2.05) is 0 Å². The maximum atomic E-state index is 13.2. The van der Waals surface area contributed by atoms with E-state index in [1.54, 1.807) is 6.07 Å². The molecule has 1 aromatic carbocycles. The summed E-state index contributed by atoms with van der Waals surface area (Å²) in [6.07, 6.45) is 1.46. The Kier molecular flexibility index (Phi) is 1.64. The number of hydrogen-bond acceptors (Lipinski definition) is 2. The summed E-state index contributed by atoms with van der Waals surface area (Å²) in [7, 11) is 0. The van der Waals surface area contributed by atoms with Crippen molar-refractivity contribution in [1.29, 1.82) is 0 Å². The second-order valence-electron chi connectivity index (χ2n) is 2.83. The fourth-order valence-corrected chi connectivity index (χ4v) is 1.39. The van der Waals surface area contributed by atoms with Crippen LogP contribution in [0.25, 0.3) is 0 Å². The average Bonchev–Trinajstić information content (AvgIpc) is 2.12. The normalized spacial score (nSPS) is 15.1. The van der Waals surface area contributed by atoms with Crippen LogP contribution in [0, 0.1) is 5.82 Å². The summed E-state index contributed by atoms with van der Waals surface area (Å²) in [5.41, 5.74) is 0.501. The molecule has 0 spiro atoms. The van der Waals surface area contributed by atoms with Crippen molar-refractivity contribution in [3.8, 4) is 11.5 Å². The van der Waals surface area contributed by atoms with E-state index in [2.05, 4.69) is 0 Å². The number of aromatic hydroxyl groups is 1. The molecule has 1 heterocycles. The third-order valence-corrected chi connectivity index (χ3v) is 2.01. The van der Waals surface area contributed by atoms with Gasteiger partial charge in [0.1, 0.15) is 5.75 Å². The second-order valence-corrected chi connectivity index (χ2v) is 2.83. The van der Waals surface area contributed by atoms with E-state index < -0.39 is 5.82 Å². The van der Waals surface area contributed by atoms with Crippen LogP contribution in [0.3, 0.4) is 0 Å². The van der Waals surface area contributed by atoms with Gasteiger partial charge in [-0.05, 0) is 25.0 Å². The van der Waals surface area contributed by atoms with Gasteiger partial charge in [-0.25, -0.2) is 4.39 Å². The van der Waals surface area contributed by atoms with Gasteiger partial charge in [0, 0.05) is 5.56 Å². The first-order valence-corrected chi connectivity index (χ1v) is 3.92. The second kappa shape index (κ2) is 2.66. The predicted molar refractivity (Wildman–Crippen MR) is 41.9 cm³/mol. The molecular weight excluding hydrogens is 159 g/mol. The van der Waals surface area contributed by atoms with Crippen LogP contribution >= 0.6 is 0 Å². The Morgan fingerprint density at radius 2 is 2.25 bits per heavy atom. The van der Waals surface area contributed by atoms with Crippen LogP contribution in [0.5, 0.6) is 11.5 Å². The molecule has 0 aromatic heterocycles. The molecule has 0 bridgehead atoms. The number of ether oxygens (including phenoxy) is 1. The van der Waals surface area contributed by atoms with Crippen LogP contribution in [0.2, 0.25) is 0 Å². The van der Waals surface area contributed by atoms with Crippen molar-refractivity contribution < 1.29 is 14.2 Å². The Balaban J connectivity index is 2.54. The van der Waals surface area contributed by atoms with Gasteiger partial charge in [-0.1, -0.05) is 0 Å². The van der Waals surface area contributed by atoms with Crippen LogP contribution in [0.4, 0.5) is 4.39 Å². The molecule has 1 aliphatic heterocycles. The zero-order valence-corrected chi connectivity index (χ0v) is 6.51. The first-order valence-electron chi connectivity index (χ1n) is 3.92. The van der Waals surface area contributed by atoms with Gasteiger partial charge in [-0.15, -0.1) is 0 Å². The van der Waals surface area contributed by atoms with E-state index in [-0.39, 0.29) is 5.75 Å². The SMILES string of the molecule is Oc1ccc2c(c1F)CCCO2. The zero-order valence-electron chi connectivity index (χ0n) is 6.51. The van der Waals surface area contributed by atoms with E-state index in [0.717, 1.165) is 6.42 Å². The topological polar surface area (TPSA) is 29.5 Å². The molecule has 0 saturated heterocycles. The molecule has 64 valence electrons. The van der Waals surface area contributed by atoms with Crippen molar-refractivity contribution in [2.45, 2.75) is 12.8 Å². The van der Waals surface area contributed by atoms with Crippen molar-refractivity contribution in [1.82, 2.24) is 0 Å². The first kappa shape index (κ1) is 7.40. The van der Waals surface area contributed by atoms with Crippen LogP contribution in [0.1, 0.15) is 12.0 Å². The molecule has 0 atom stereocenters. The monoisotopic (exact) mass is 168 g/mol. The lowest BCUT2D eigenvalue weighted by Gasteiger charge is -2.17. The number of phenolic OH excluding ortho intramolecular Hbond substituents is 1. The molecular formula is C9H9FO2. The summed E-state index contributed by atoms with van der Waals surface area (Å²) < 4.78 is 18.4. The van der Waals surface area contributed by atoms with Gasteiger partial charge < -0.3 is 9.84 Å². The molecule has 0 fully saturated rings. The van der Waals surface area contributed by atoms with Crippen molar-refractivity contribution in [3.05, 3.63) is 23.5 Å². The third-order valence-electron chi connectivity index (χ3n) is 2.01. The highest BCUT2D eigenvalue weighted by Crippen LogP contribution is 2.31. The lowest BCUT2D eigenvalue weighted by molar-refractivity contribution is 0.281. The first-order chi connectivity index (χ1) is 5.79. The molecule has 1 aromatic rings. The van der Waals surface area contributed by atoms with Gasteiger partial charge >= 0.3 is 0 Å². The largest absolute Gasteiger partial charge is 0.505 e. The highest BCUT2D eigenvalue weighted by Gasteiger charge is 2.16. The van der Waals surface area contributed by atoms with Crippen molar-refractivity contribution in [2.24, 2.45) is 0 Å². The Bertz CT molecular complexity index is 310. The molecule has 0 radical (unpaired) electrons. The summed E-state index contributed by atoms with van der Waals surface area (Å²) in [6.45, 7) is 0.636. The fourth-order valence-electron chi connectivity index (χ4n) is 1.39. The molecule has 3 heteroatoms. The summed E-state index contributed by atoms with van der Waals surface area (Å²) in [5.74, 6) is -0.261. The van der Waals surface area contributed by atoms with Crippen molar-refractivity contribution >= 4 is 0 Å². The highest BCUT2D eigenvalue weighted by atomic mass is 19.1. The molecule has 0 unspecified atom stereocenters. The summed E-state index contributed by atoms with van der Waals surface area (Å²) in [4.78, 5) is 0. The molecule has 0 aliphatic carbocycles. The Morgan fingerprint density at radius 1 is 1.42 bits per heavy atom. The molecule has 1 aliphatic rings. The maximum Gasteiger partial charge on any atom is 0.171 e. The maximum absolute atomic E-state index is 13.2. The number of phenols is 1.